The molecule has 0 saturated heterocycles. The third-order valence-corrected chi connectivity index (χ3v) is 4.91. The lowest BCUT2D eigenvalue weighted by Crippen LogP contribution is -2.18. The van der Waals surface area contributed by atoms with Gasteiger partial charge in [0.2, 0.25) is 0 Å². The predicted octanol–water partition coefficient (Wildman–Crippen LogP) is 4.79. The van der Waals surface area contributed by atoms with Gasteiger partial charge >= 0.3 is 6.18 Å². The number of rotatable bonds is 6. The molecule has 0 radical (unpaired) electrons. The van der Waals surface area contributed by atoms with Crippen molar-refractivity contribution in [3.05, 3.63) is 86.7 Å². The molecule has 1 amide bonds. The second-order valence-electron chi connectivity index (χ2n) is 7.05. The van der Waals surface area contributed by atoms with Crippen LogP contribution < -0.4 is 10.2 Å². The molecular weight excluding hydrogens is 441 g/mol. The Morgan fingerprint density at radius 2 is 1.91 bits per heavy atom. The standard InChI is InChI=1S/C22H19F3N4O4/c1-13-9-16(12-26-27-21(30)15-5-4-6-17(10-15)22(23,24)25)14(2)28(13)19-11-18(29(31)32)7-8-20(19)33-3/h4-12H,1-3H3,(H,27,30)/b26-12+. The van der Waals surface area contributed by atoms with Gasteiger partial charge in [-0.25, -0.2) is 5.43 Å². The van der Waals surface area contributed by atoms with Gasteiger partial charge in [-0.1, -0.05) is 6.07 Å². The Hall–Kier alpha value is -4.15. The van der Waals surface area contributed by atoms with Crippen LogP contribution in [0.15, 0.2) is 53.6 Å². The number of methoxy groups -OCH3 is 1. The molecule has 0 saturated carbocycles. The third kappa shape index (κ3) is 5.03. The number of carbonyl (C=O) groups is 1. The molecule has 0 unspecified atom stereocenters. The number of non-ortho nitro benzene ring substituents is 1. The molecule has 1 heterocycles. The molecule has 3 aromatic rings. The Bertz CT molecular complexity index is 1250. The first-order valence-corrected chi connectivity index (χ1v) is 9.55. The van der Waals surface area contributed by atoms with E-state index in [1.54, 1.807) is 24.5 Å². The molecule has 0 aliphatic heterocycles. The average Bonchev–Trinajstić information content (AvgIpc) is 3.05. The molecule has 8 nitrogen and oxygen atoms in total. The summed E-state index contributed by atoms with van der Waals surface area (Å²) in [6, 6.07) is 9.96. The van der Waals surface area contributed by atoms with E-state index in [0.717, 1.165) is 23.9 Å². The first-order chi connectivity index (χ1) is 15.5. The number of hydrogen-bond donors (Lipinski definition) is 1. The number of hydrazone groups is 1. The summed E-state index contributed by atoms with van der Waals surface area (Å²) in [6.07, 6.45) is -3.22. The van der Waals surface area contributed by atoms with Crippen LogP contribution in [0.3, 0.4) is 0 Å². The third-order valence-electron chi connectivity index (χ3n) is 4.91. The molecule has 0 bridgehead atoms. The average molecular weight is 460 g/mol. The number of aromatic nitrogens is 1. The number of nitrogens with zero attached hydrogens (tertiary/aromatic N) is 3. The van der Waals surface area contributed by atoms with Crippen molar-refractivity contribution in [1.82, 2.24) is 9.99 Å². The Morgan fingerprint density at radius 3 is 2.55 bits per heavy atom. The summed E-state index contributed by atoms with van der Waals surface area (Å²) in [5.41, 5.74) is 3.39. The summed E-state index contributed by atoms with van der Waals surface area (Å²) in [4.78, 5) is 22.9. The quantitative estimate of drug-likeness (QED) is 0.325. The largest absolute Gasteiger partial charge is 0.495 e. The predicted molar refractivity (Wildman–Crippen MR) is 115 cm³/mol. The summed E-state index contributed by atoms with van der Waals surface area (Å²) in [6.45, 7) is 3.53. The minimum atomic E-state index is -4.56. The van der Waals surface area contributed by atoms with Crippen molar-refractivity contribution in [2.45, 2.75) is 20.0 Å². The summed E-state index contributed by atoms with van der Waals surface area (Å²) in [5, 5.41) is 15.0. The van der Waals surface area contributed by atoms with E-state index in [9.17, 15) is 28.1 Å². The van der Waals surface area contributed by atoms with E-state index in [0.29, 0.717) is 22.7 Å². The molecule has 0 spiro atoms. The Kier molecular flexibility index (Phi) is 6.52. The number of nitrogens with one attached hydrogen (secondary N) is 1. The zero-order valence-electron chi connectivity index (χ0n) is 17.8. The maximum absolute atomic E-state index is 12.8. The lowest BCUT2D eigenvalue weighted by molar-refractivity contribution is -0.384. The fraction of sp³-hybridized carbons (Fsp3) is 0.182. The van der Waals surface area contributed by atoms with Gasteiger partial charge in [0.05, 0.1) is 29.5 Å². The van der Waals surface area contributed by atoms with Gasteiger partial charge in [-0.05, 0) is 44.2 Å². The topological polar surface area (TPSA) is 98.8 Å². The zero-order chi connectivity index (χ0) is 24.3. The summed E-state index contributed by atoms with van der Waals surface area (Å²) >= 11 is 0. The number of nitro benzene ring substituents is 1. The molecule has 11 heteroatoms. The van der Waals surface area contributed by atoms with Gasteiger partial charge in [0.15, 0.2) is 0 Å². The molecule has 172 valence electrons. The van der Waals surface area contributed by atoms with Gasteiger partial charge in [0.1, 0.15) is 5.75 Å². The summed E-state index contributed by atoms with van der Waals surface area (Å²) in [5.74, 6) is -0.379. The van der Waals surface area contributed by atoms with Crippen molar-refractivity contribution in [3.63, 3.8) is 0 Å². The highest BCUT2D eigenvalue weighted by molar-refractivity contribution is 5.95. The van der Waals surface area contributed by atoms with E-state index >= 15 is 0 Å². The van der Waals surface area contributed by atoms with Crippen LogP contribution in [0.25, 0.3) is 5.69 Å². The van der Waals surface area contributed by atoms with Gasteiger partial charge in [0.25, 0.3) is 11.6 Å². The van der Waals surface area contributed by atoms with Crippen LogP contribution in [0.1, 0.15) is 32.9 Å². The molecule has 33 heavy (non-hydrogen) atoms. The molecule has 0 fully saturated rings. The second kappa shape index (κ2) is 9.15. The number of amides is 1. The van der Waals surface area contributed by atoms with Crippen LogP contribution in [-0.2, 0) is 6.18 Å². The number of halogens is 3. The highest BCUT2D eigenvalue weighted by Crippen LogP contribution is 2.31. The van der Waals surface area contributed by atoms with E-state index in [2.05, 4.69) is 10.5 Å². The SMILES string of the molecule is COc1ccc([N+](=O)[O-])cc1-n1c(C)cc(/C=N/NC(=O)c2cccc(C(F)(F)F)c2)c1C. The van der Waals surface area contributed by atoms with Crippen molar-refractivity contribution >= 4 is 17.8 Å². The fourth-order valence-electron chi connectivity index (χ4n) is 3.32. The van der Waals surface area contributed by atoms with Gasteiger partial charge in [-0.3, -0.25) is 14.9 Å². The molecule has 3 rings (SSSR count). The van der Waals surface area contributed by atoms with Crippen LogP contribution in [0.2, 0.25) is 0 Å². The van der Waals surface area contributed by atoms with Gasteiger partial charge in [0, 0.05) is 34.6 Å². The van der Waals surface area contributed by atoms with Crippen molar-refractivity contribution in [2.75, 3.05) is 7.11 Å². The van der Waals surface area contributed by atoms with Gasteiger partial charge in [-0.15, -0.1) is 0 Å². The molecule has 2 aromatic carbocycles. The number of carbonyl (C=O) groups excluding carboxylic acids is 1. The molecular formula is C22H19F3N4O4. The van der Waals surface area contributed by atoms with Crippen LogP contribution in [0.5, 0.6) is 5.75 Å². The maximum atomic E-state index is 12.8. The minimum absolute atomic E-state index is 0.109. The van der Waals surface area contributed by atoms with E-state index < -0.39 is 22.6 Å². The molecule has 0 atom stereocenters. The number of nitro groups is 1. The van der Waals surface area contributed by atoms with Gasteiger partial charge < -0.3 is 9.30 Å². The summed E-state index contributed by atoms with van der Waals surface area (Å²) in [7, 11) is 1.45. The van der Waals surface area contributed by atoms with Gasteiger partial charge in [-0.2, -0.15) is 18.3 Å². The lowest BCUT2D eigenvalue weighted by Gasteiger charge is -2.13. The van der Waals surface area contributed by atoms with Crippen molar-refractivity contribution in [1.29, 1.82) is 0 Å². The van der Waals surface area contributed by atoms with Crippen molar-refractivity contribution in [3.8, 4) is 11.4 Å². The maximum Gasteiger partial charge on any atom is 0.416 e. The van der Waals surface area contributed by atoms with Crippen LogP contribution in [-0.4, -0.2) is 28.7 Å². The molecule has 0 aliphatic rings. The number of hydrogen-bond acceptors (Lipinski definition) is 5. The van der Waals surface area contributed by atoms with E-state index in [1.165, 1.54) is 37.6 Å². The van der Waals surface area contributed by atoms with Crippen molar-refractivity contribution in [2.24, 2.45) is 5.10 Å². The Balaban J connectivity index is 1.86. The smallest absolute Gasteiger partial charge is 0.416 e. The molecule has 1 N–H and O–H groups in total. The Morgan fingerprint density at radius 1 is 1.18 bits per heavy atom. The number of alkyl halides is 3. The number of aryl methyl sites for hydroxylation is 1. The molecule has 0 aliphatic carbocycles. The van der Waals surface area contributed by atoms with Crippen LogP contribution in [0, 0.1) is 24.0 Å². The zero-order valence-corrected chi connectivity index (χ0v) is 17.8. The minimum Gasteiger partial charge on any atom is -0.495 e. The fourth-order valence-corrected chi connectivity index (χ4v) is 3.32. The second-order valence-corrected chi connectivity index (χ2v) is 7.05. The summed E-state index contributed by atoms with van der Waals surface area (Å²) < 4.78 is 45.6. The Labute approximate surface area is 186 Å². The first kappa shape index (κ1) is 23.5. The normalized spacial score (nSPS) is 11.6. The van der Waals surface area contributed by atoms with Crippen molar-refractivity contribution < 1.29 is 27.6 Å². The van der Waals surface area contributed by atoms with E-state index in [-0.39, 0.29) is 11.3 Å². The lowest BCUT2D eigenvalue weighted by atomic mass is 10.1. The monoisotopic (exact) mass is 460 g/mol. The first-order valence-electron chi connectivity index (χ1n) is 9.55. The van der Waals surface area contributed by atoms with Crippen LogP contribution in [0.4, 0.5) is 18.9 Å². The number of benzene rings is 2. The molecule has 1 aromatic heterocycles. The number of ether oxygens (including phenoxy) is 1. The highest BCUT2D eigenvalue weighted by atomic mass is 19.4. The highest BCUT2D eigenvalue weighted by Gasteiger charge is 2.30. The van der Waals surface area contributed by atoms with E-state index in [4.69, 9.17) is 4.74 Å². The van der Waals surface area contributed by atoms with E-state index in [1.807, 2.05) is 0 Å². The van der Waals surface area contributed by atoms with Crippen LogP contribution >= 0.6 is 0 Å².